The van der Waals surface area contributed by atoms with Crippen molar-refractivity contribution >= 4 is 18.3 Å². The van der Waals surface area contributed by atoms with Crippen LogP contribution in [0.1, 0.15) is 38.2 Å². The van der Waals surface area contributed by atoms with E-state index in [9.17, 15) is 4.79 Å². The molecule has 2 N–H and O–H groups in total. The molecule has 2 rings (SSSR count). The van der Waals surface area contributed by atoms with Crippen molar-refractivity contribution in [2.24, 2.45) is 11.7 Å². The molecular formula is C18H29ClN2O3. The summed E-state index contributed by atoms with van der Waals surface area (Å²) in [4.78, 5) is 14.6. The van der Waals surface area contributed by atoms with Crippen LogP contribution in [0.4, 0.5) is 0 Å². The Morgan fingerprint density at radius 3 is 2.62 bits per heavy atom. The standard InChI is InChI=1S/C18H28N2O3.ClH/c1-18(19)10-6-5-7-15(18)17(21)20(2)12-13-8-9-14(22-3)11-16(13)23-4;/h8-9,11,15H,5-7,10,12,19H2,1-4H3;1H. The van der Waals surface area contributed by atoms with E-state index in [4.69, 9.17) is 15.2 Å². The Hall–Kier alpha value is -1.46. The lowest BCUT2D eigenvalue weighted by molar-refractivity contribution is -0.138. The third-order valence-electron chi connectivity index (χ3n) is 4.83. The van der Waals surface area contributed by atoms with Gasteiger partial charge in [0.05, 0.1) is 20.1 Å². The number of carbonyl (C=O) groups excluding carboxylic acids is 1. The van der Waals surface area contributed by atoms with Gasteiger partial charge < -0.3 is 20.1 Å². The molecule has 1 amide bonds. The number of halogens is 1. The van der Waals surface area contributed by atoms with Crippen LogP contribution < -0.4 is 15.2 Å². The molecule has 0 spiro atoms. The van der Waals surface area contributed by atoms with Gasteiger partial charge in [0.15, 0.2) is 0 Å². The number of nitrogens with two attached hydrogens (primary N) is 1. The summed E-state index contributed by atoms with van der Waals surface area (Å²) < 4.78 is 10.6. The van der Waals surface area contributed by atoms with Crippen LogP contribution in [0.2, 0.25) is 0 Å². The Kier molecular flexibility index (Phi) is 7.36. The van der Waals surface area contributed by atoms with Gasteiger partial charge >= 0.3 is 0 Å². The molecular weight excluding hydrogens is 328 g/mol. The zero-order chi connectivity index (χ0) is 17.0. The Bertz CT molecular complexity index is 563. The zero-order valence-corrected chi connectivity index (χ0v) is 15.8. The Labute approximate surface area is 150 Å². The van der Waals surface area contributed by atoms with Crippen molar-refractivity contribution in [3.05, 3.63) is 23.8 Å². The molecule has 0 radical (unpaired) electrons. The van der Waals surface area contributed by atoms with Crippen molar-refractivity contribution in [3.8, 4) is 11.5 Å². The predicted molar refractivity (Wildman–Crippen MR) is 97.8 cm³/mol. The van der Waals surface area contributed by atoms with E-state index in [1.54, 1.807) is 19.1 Å². The number of hydrogen-bond donors (Lipinski definition) is 1. The predicted octanol–water partition coefficient (Wildman–Crippen LogP) is 2.99. The minimum absolute atomic E-state index is 0. The van der Waals surface area contributed by atoms with E-state index in [-0.39, 0.29) is 24.2 Å². The second-order valence-corrected chi connectivity index (χ2v) is 6.68. The number of benzene rings is 1. The van der Waals surface area contributed by atoms with Crippen LogP contribution in [0.5, 0.6) is 11.5 Å². The van der Waals surface area contributed by atoms with Gasteiger partial charge in [-0.1, -0.05) is 12.8 Å². The largest absolute Gasteiger partial charge is 0.497 e. The Morgan fingerprint density at radius 2 is 2.04 bits per heavy atom. The van der Waals surface area contributed by atoms with Crippen LogP contribution >= 0.6 is 12.4 Å². The van der Waals surface area contributed by atoms with Gasteiger partial charge in [-0.05, 0) is 31.9 Å². The lowest BCUT2D eigenvalue weighted by atomic mass is 9.74. The summed E-state index contributed by atoms with van der Waals surface area (Å²) in [6, 6.07) is 5.65. The molecule has 5 nitrogen and oxygen atoms in total. The van der Waals surface area contributed by atoms with E-state index < -0.39 is 5.54 Å². The van der Waals surface area contributed by atoms with Gasteiger partial charge in [-0.2, -0.15) is 0 Å². The van der Waals surface area contributed by atoms with Crippen molar-refractivity contribution in [2.45, 2.75) is 44.7 Å². The normalized spacial score (nSPS) is 23.1. The summed E-state index contributed by atoms with van der Waals surface area (Å²) in [5, 5.41) is 0. The molecule has 2 atom stereocenters. The number of carbonyl (C=O) groups is 1. The minimum atomic E-state index is -0.409. The highest BCUT2D eigenvalue weighted by molar-refractivity contribution is 5.85. The average molecular weight is 357 g/mol. The summed E-state index contributed by atoms with van der Waals surface area (Å²) >= 11 is 0. The van der Waals surface area contributed by atoms with Crippen LogP contribution in [0.25, 0.3) is 0 Å². The second-order valence-electron chi connectivity index (χ2n) is 6.68. The number of hydrogen-bond acceptors (Lipinski definition) is 4. The lowest BCUT2D eigenvalue weighted by Crippen LogP contribution is -2.53. The highest BCUT2D eigenvalue weighted by Gasteiger charge is 2.39. The fourth-order valence-electron chi connectivity index (χ4n) is 3.35. The first-order chi connectivity index (χ1) is 10.9. The maximum absolute atomic E-state index is 12.8. The smallest absolute Gasteiger partial charge is 0.227 e. The number of methoxy groups -OCH3 is 2. The van der Waals surface area contributed by atoms with Gasteiger partial charge in [0.1, 0.15) is 11.5 Å². The van der Waals surface area contributed by atoms with Gasteiger partial charge in [0.2, 0.25) is 5.91 Å². The first-order valence-electron chi connectivity index (χ1n) is 8.14. The molecule has 24 heavy (non-hydrogen) atoms. The lowest BCUT2D eigenvalue weighted by Gasteiger charge is -2.39. The number of rotatable bonds is 5. The summed E-state index contributed by atoms with van der Waals surface area (Å²) in [7, 11) is 5.07. The third kappa shape index (κ3) is 4.54. The number of nitrogens with zero attached hydrogens (tertiary/aromatic N) is 1. The summed E-state index contributed by atoms with van der Waals surface area (Å²) in [5.41, 5.74) is 6.91. The van der Waals surface area contributed by atoms with E-state index in [0.717, 1.165) is 42.7 Å². The second kappa shape index (κ2) is 8.58. The van der Waals surface area contributed by atoms with Gasteiger partial charge in [-0.25, -0.2) is 0 Å². The molecule has 1 fully saturated rings. The number of ether oxygens (including phenoxy) is 2. The highest BCUT2D eigenvalue weighted by atomic mass is 35.5. The molecule has 0 saturated heterocycles. The SMILES string of the molecule is COc1ccc(CN(C)C(=O)C2CCCCC2(C)N)c(OC)c1.Cl. The molecule has 1 aliphatic carbocycles. The van der Waals surface area contributed by atoms with Gasteiger partial charge in [-0.15, -0.1) is 12.4 Å². The van der Waals surface area contributed by atoms with E-state index in [1.807, 2.05) is 32.2 Å². The van der Waals surface area contributed by atoms with E-state index in [2.05, 4.69) is 0 Å². The fraction of sp³-hybridized carbons (Fsp3) is 0.611. The molecule has 1 aliphatic rings. The molecule has 1 aromatic rings. The van der Waals surface area contributed by atoms with Gasteiger partial charge in [-0.3, -0.25) is 4.79 Å². The molecule has 1 saturated carbocycles. The zero-order valence-electron chi connectivity index (χ0n) is 15.0. The molecule has 0 heterocycles. The van der Waals surface area contributed by atoms with Crippen LogP contribution in [0.15, 0.2) is 18.2 Å². The first-order valence-corrected chi connectivity index (χ1v) is 8.14. The molecule has 6 heteroatoms. The molecule has 0 bridgehead atoms. The fourth-order valence-corrected chi connectivity index (χ4v) is 3.35. The Balaban J connectivity index is 0.00000288. The van der Waals surface area contributed by atoms with Crippen molar-refractivity contribution < 1.29 is 14.3 Å². The summed E-state index contributed by atoms with van der Waals surface area (Å²) in [6.07, 6.45) is 3.95. The quantitative estimate of drug-likeness (QED) is 0.880. The molecule has 2 unspecified atom stereocenters. The van der Waals surface area contributed by atoms with Crippen LogP contribution in [0, 0.1) is 5.92 Å². The van der Waals surface area contributed by atoms with Gasteiger partial charge in [0, 0.05) is 30.8 Å². The van der Waals surface area contributed by atoms with E-state index >= 15 is 0 Å². The van der Waals surface area contributed by atoms with Crippen molar-refractivity contribution in [3.63, 3.8) is 0 Å². The maximum Gasteiger partial charge on any atom is 0.227 e. The van der Waals surface area contributed by atoms with E-state index in [0.29, 0.717) is 6.54 Å². The molecule has 136 valence electrons. The average Bonchev–Trinajstić information content (AvgIpc) is 2.54. The van der Waals surface area contributed by atoms with Crippen molar-refractivity contribution in [1.29, 1.82) is 0 Å². The van der Waals surface area contributed by atoms with Gasteiger partial charge in [0.25, 0.3) is 0 Å². The third-order valence-corrected chi connectivity index (χ3v) is 4.83. The molecule has 1 aromatic carbocycles. The van der Waals surface area contributed by atoms with Crippen molar-refractivity contribution in [1.82, 2.24) is 4.90 Å². The van der Waals surface area contributed by atoms with Crippen LogP contribution in [-0.4, -0.2) is 37.6 Å². The summed E-state index contributed by atoms with van der Waals surface area (Å²) in [5.74, 6) is 1.47. The number of amides is 1. The van der Waals surface area contributed by atoms with E-state index in [1.165, 1.54) is 0 Å². The minimum Gasteiger partial charge on any atom is -0.497 e. The monoisotopic (exact) mass is 356 g/mol. The maximum atomic E-state index is 12.8. The van der Waals surface area contributed by atoms with Crippen LogP contribution in [-0.2, 0) is 11.3 Å². The van der Waals surface area contributed by atoms with Crippen LogP contribution in [0.3, 0.4) is 0 Å². The summed E-state index contributed by atoms with van der Waals surface area (Å²) in [6.45, 7) is 2.50. The molecule has 0 aliphatic heterocycles. The highest BCUT2D eigenvalue weighted by Crippen LogP contribution is 2.33. The first kappa shape index (κ1) is 20.6. The molecule has 0 aromatic heterocycles. The Morgan fingerprint density at radius 1 is 1.33 bits per heavy atom. The van der Waals surface area contributed by atoms with Crippen molar-refractivity contribution in [2.75, 3.05) is 21.3 Å². The topological polar surface area (TPSA) is 64.8 Å².